The molecule has 6 aliphatic rings. The molecule has 0 unspecified atom stereocenters. The van der Waals surface area contributed by atoms with Crippen LogP contribution in [0.25, 0.3) is 140 Å². The van der Waals surface area contributed by atoms with Crippen LogP contribution in [0.15, 0.2) is 382 Å². The highest BCUT2D eigenvalue weighted by Crippen LogP contribution is 2.65. The van der Waals surface area contributed by atoms with Crippen LogP contribution >= 0.6 is 0 Å². The van der Waals surface area contributed by atoms with Crippen LogP contribution in [0.4, 0.5) is 0 Å². The van der Waals surface area contributed by atoms with Crippen LogP contribution in [-0.4, -0.2) is 19.9 Å². The maximum absolute atomic E-state index is 6.80. The van der Waals surface area contributed by atoms with Gasteiger partial charge < -0.3 is 9.47 Å². The molecule has 0 fully saturated rings. The Morgan fingerprint density at radius 3 is 1.09 bits per heavy atom. The fourth-order valence-electron chi connectivity index (χ4n) is 19.8. The molecule has 0 saturated heterocycles. The lowest BCUT2D eigenvalue weighted by molar-refractivity contribution is 0.436. The van der Waals surface area contributed by atoms with Gasteiger partial charge in [-0.3, -0.25) is 0 Å². The van der Waals surface area contributed by atoms with E-state index < -0.39 is 10.8 Å². The minimum absolute atomic E-state index is 0.104. The molecule has 2 aromatic heterocycles. The molecular formula is C110H72N4O2. The maximum Gasteiger partial charge on any atom is 0.160 e. The van der Waals surface area contributed by atoms with E-state index in [4.69, 9.17) is 29.4 Å². The quantitative estimate of drug-likeness (QED) is 0.151. The minimum Gasteiger partial charge on any atom is -0.457 e. The predicted octanol–water partition coefficient (Wildman–Crippen LogP) is 27.3. The number of hydrogen-bond acceptors (Lipinski definition) is 6. The zero-order valence-corrected chi connectivity index (χ0v) is 63.8. The molecule has 0 saturated carbocycles. The molecule has 0 radical (unpaired) electrons. The Morgan fingerprint density at radius 1 is 0.241 bits per heavy atom. The van der Waals surface area contributed by atoms with Crippen LogP contribution in [0, 0.1) is 0 Å². The highest BCUT2D eigenvalue weighted by atomic mass is 16.5. The first-order chi connectivity index (χ1) is 57.2. The van der Waals surface area contributed by atoms with Crippen molar-refractivity contribution >= 4 is 16.8 Å². The van der Waals surface area contributed by atoms with Crippen molar-refractivity contribution in [3.05, 3.63) is 449 Å². The summed E-state index contributed by atoms with van der Waals surface area (Å²) in [6, 6.07) is 135. The van der Waals surface area contributed by atoms with E-state index in [-0.39, 0.29) is 5.41 Å². The van der Waals surface area contributed by atoms with Crippen molar-refractivity contribution < 1.29 is 9.47 Å². The molecule has 6 nitrogen and oxygen atoms in total. The standard InChI is InChI=1S/C56H38N2O.C54H34N2O/c1-55(2)44-19-9-6-16-40(44)43-30-28-39(32-49(43)55)51-34-50(36-14-4-3-5-15-36)57-54(58-51)37-26-24-35(25-27-37)38-29-31-48-53(33-38)59-52-23-13-12-22-47(52)56(48)45-20-10-7-17-41(45)42-18-8-11-21-46(42)56;1-2-12-35(13-3-1)48-33-49(41-30-39-16-10-14-36-15-11-17-40(31-41)52(36)39)56-53(55-48)37-26-24-34(25-27-37)38-28-29-47-51(32-38)57-50-23-9-8-22-46(50)54(47)44-20-6-4-18-42(44)43-19-5-7-21-45(43)54/h3-34H,1-2H3;1-14,16-33H,15H2. The van der Waals surface area contributed by atoms with Crippen LogP contribution in [0.3, 0.4) is 0 Å². The number of para-hydroxylation sites is 2. The van der Waals surface area contributed by atoms with Gasteiger partial charge in [-0.15, -0.1) is 0 Å². The fourth-order valence-corrected chi connectivity index (χ4v) is 19.8. The van der Waals surface area contributed by atoms with Crippen LogP contribution in [0.5, 0.6) is 23.0 Å². The van der Waals surface area contributed by atoms with E-state index in [0.29, 0.717) is 11.6 Å². The summed E-state index contributed by atoms with van der Waals surface area (Å²) in [6.45, 7) is 4.64. The second kappa shape index (κ2) is 26.2. The summed E-state index contributed by atoms with van der Waals surface area (Å²) >= 11 is 0. The number of benzene rings is 16. The zero-order chi connectivity index (χ0) is 76.8. The largest absolute Gasteiger partial charge is 0.457 e. The van der Waals surface area contributed by atoms with Gasteiger partial charge >= 0.3 is 0 Å². The summed E-state index contributed by atoms with van der Waals surface area (Å²) in [5, 5.41) is 2.57. The Balaban J connectivity index is 0.000000137. The third-order valence-corrected chi connectivity index (χ3v) is 25.1. The molecule has 16 aromatic carbocycles. The van der Waals surface area contributed by atoms with Gasteiger partial charge in [-0.2, -0.15) is 0 Å². The molecule has 116 heavy (non-hydrogen) atoms. The van der Waals surface area contributed by atoms with Crippen LogP contribution in [-0.2, 0) is 22.7 Å². The number of nitrogens with zero attached hydrogens (tertiary/aromatic N) is 4. The van der Waals surface area contributed by atoms with Gasteiger partial charge in [-0.25, -0.2) is 19.9 Å². The molecule has 4 heterocycles. The van der Waals surface area contributed by atoms with E-state index in [1.54, 1.807) is 0 Å². The molecule has 18 aromatic rings. The van der Waals surface area contributed by atoms with Crippen molar-refractivity contribution in [3.63, 3.8) is 0 Å². The van der Waals surface area contributed by atoms with Crippen LogP contribution < -0.4 is 9.47 Å². The van der Waals surface area contributed by atoms with Crippen LogP contribution in [0.1, 0.15) is 80.6 Å². The third kappa shape index (κ3) is 10.3. The number of allylic oxidation sites excluding steroid dienone is 1. The van der Waals surface area contributed by atoms with Crippen molar-refractivity contribution in [2.75, 3.05) is 0 Å². The Labute approximate surface area is 673 Å². The first kappa shape index (κ1) is 67.0. The Morgan fingerprint density at radius 2 is 0.612 bits per heavy atom. The van der Waals surface area contributed by atoms with Crippen molar-refractivity contribution in [2.24, 2.45) is 0 Å². The summed E-state index contributed by atoms with van der Waals surface area (Å²) in [6.07, 6.45) is 5.46. The highest BCUT2D eigenvalue weighted by molar-refractivity contribution is 5.99. The predicted molar refractivity (Wildman–Crippen MR) is 470 cm³/mol. The molecule has 2 aliphatic heterocycles. The van der Waals surface area contributed by atoms with E-state index in [1.807, 2.05) is 12.1 Å². The van der Waals surface area contributed by atoms with Gasteiger partial charge in [0, 0.05) is 61.0 Å². The molecule has 0 amide bonds. The van der Waals surface area contributed by atoms with Gasteiger partial charge in [0.15, 0.2) is 11.6 Å². The zero-order valence-electron chi connectivity index (χ0n) is 63.8. The summed E-state index contributed by atoms with van der Waals surface area (Å²) in [5.74, 6) is 4.93. The summed E-state index contributed by atoms with van der Waals surface area (Å²) in [5.41, 5.74) is 36.0. The number of rotatable bonds is 8. The fraction of sp³-hybridized carbons (Fsp3) is 0.0545. The molecular weight excluding hydrogens is 1410 g/mol. The SMILES string of the molecule is C1=Cc2cc(-c3cc(-c4ccccc4)nc(-c4ccc(-c5ccc6c(c5)Oc5ccccc5C65c6ccccc6-c6ccccc65)cc4)n3)cc3cccc(c23)C1.CC1(C)c2ccccc2-c2ccc(-c3cc(-c4ccccc4)nc(-c4ccc(-c5ccc6c(c5)Oc5ccccc5C65c6ccccc6-c6ccccc65)cc4)n3)cc21. The lowest BCUT2D eigenvalue weighted by Crippen LogP contribution is -2.32. The monoisotopic (exact) mass is 1480 g/mol. The van der Waals surface area contributed by atoms with E-state index in [1.165, 1.54) is 99.8 Å². The normalized spacial score (nSPS) is 14.1. The maximum atomic E-state index is 6.80. The lowest BCUT2D eigenvalue weighted by Gasteiger charge is -2.39. The molecule has 0 atom stereocenters. The molecule has 2 spiro atoms. The Hall–Kier alpha value is -14.7. The number of aromatic nitrogens is 4. The molecule has 544 valence electrons. The van der Waals surface area contributed by atoms with Crippen LogP contribution in [0.2, 0.25) is 0 Å². The van der Waals surface area contributed by atoms with E-state index in [9.17, 15) is 0 Å². The number of hydrogen-bond donors (Lipinski definition) is 0. The van der Waals surface area contributed by atoms with Gasteiger partial charge in [0.25, 0.3) is 0 Å². The lowest BCUT2D eigenvalue weighted by atomic mass is 9.66. The third-order valence-electron chi connectivity index (χ3n) is 25.1. The average Bonchev–Trinajstić information content (AvgIpc) is 1.50. The highest BCUT2D eigenvalue weighted by Gasteiger charge is 2.53. The first-order valence-corrected chi connectivity index (χ1v) is 40.0. The van der Waals surface area contributed by atoms with Gasteiger partial charge in [0.2, 0.25) is 0 Å². The molecule has 24 rings (SSSR count). The topological polar surface area (TPSA) is 70.0 Å². The number of fused-ring (bicyclic) bond motifs is 21. The summed E-state index contributed by atoms with van der Waals surface area (Å²) < 4.78 is 13.6. The smallest absolute Gasteiger partial charge is 0.160 e. The average molecular weight is 1480 g/mol. The van der Waals surface area contributed by atoms with E-state index >= 15 is 0 Å². The van der Waals surface area contributed by atoms with E-state index in [0.717, 1.165) is 119 Å². The van der Waals surface area contributed by atoms with Crippen molar-refractivity contribution in [1.29, 1.82) is 0 Å². The summed E-state index contributed by atoms with van der Waals surface area (Å²) in [7, 11) is 0. The molecule has 0 N–H and O–H groups in total. The van der Waals surface area contributed by atoms with Gasteiger partial charge in [-0.1, -0.05) is 348 Å². The molecule has 6 heteroatoms. The second-order valence-electron chi connectivity index (χ2n) is 31.7. The van der Waals surface area contributed by atoms with Gasteiger partial charge in [-0.05, 0) is 172 Å². The number of ether oxygens (including phenoxy) is 2. The second-order valence-corrected chi connectivity index (χ2v) is 31.7. The van der Waals surface area contributed by atoms with Crippen molar-refractivity contribution in [3.8, 4) is 146 Å². The summed E-state index contributed by atoms with van der Waals surface area (Å²) in [4.78, 5) is 20.8. The minimum atomic E-state index is -0.475. The van der Waals surface area contributed by atoms with Crippen molar-refractivity contribution in [2.45, 2.75) is 36.5 Å². The Kier molecular flexibility index (Phi) is 15.1. The first-order valence-electron chi connectivity index (χ1n) is 40.0. The van der Waals surface area contributed by atoms with Crippen molar-refractivity contribution in [1.82, 2.24) is 19.9 Å². The van der Waals surface area contributed by atoms with E-state index in [2.05, 4.69) is 390 Å². The van der Waals surface area contributed by atoms with Gasteiger partial charge in [0.05, 0.1) is 33.6 Å². The van der Waals surface area contributed by atoms with Gasteiger partial charge in [0.1, 0.15) is 23.0 Å². The Bertz CT molecular complexity index is 7050. The molecule has 4 aliphatic carbocycles. The molecule has 0 bridgehead atoms.